The molecule has 0 bridgehead atoms. The number of likely N-dealkylation sites (tertiary alicyclic amines) is 1. The number of aliphatic hydroxyl groups excluding tert-OH is 1. The third-order valence-electron chi connectivity index (χ3n) is 5.92. The van der Waals surface area contributed by atoms with Gasteiger partial charge in [-0.1, -0.05) is 12.1 Å². The highest BCUT2D eigenvalue weighted by Crippen LogP contribution is 2.19. The third-order valence-corrected chi connectivity index (χ3v) is 5.92. The van der Waals surface area contributed by atoms with Crippen LogP contribution in [0.15, 0.2) is 24.3 Å². The predicted octanol–water partition coefficient (Wildman–Crippen LogP) is -1.57. The molecule has 1 aliphatic heterocycles. The second-order valence-electron chi connectivity index (χ2n) is 8.59. The molecule has 0 aromatic heterocycles. The molecule has 1 aromatic carbocycles. The van der Waals surface area contributed by atoms with Gasteiger partial charge in [0.1, 0.15) is 29.9 Å². The molecule has 12 heteroatoms. The minimum Gasteiger partial charge on any atom is -0.508 e. The molecule has 0 saturated carbocycles. The number of carboxylic acids is 1. The number of phenolic OH excluding ortho intramolecular Hbond substituents is 1. The first-order valence-electron chi connectivity index (χ1n) is 11.7. The number of nitrogens with zero attached hydrogens (tertiary/aromatic N) is 1. The number of rotatable bonds is 13. The van der Waals surface area contributed by atoms with Gasteiger partial charge in [0.2, 0.25) is 17.7 Å². The Hall–Kier alpha value is -3.22. The lowest BCUT2D eigenvalue weighted by Crippen LogP contribution is -2.57. The summed E-state index contributed by atoms with van der Waals surface area (Å²) in [5, 5.41) is 33.4. The summed E-state index contributed by atoms with van der Waals surface area (Å²) in [6.07, 6.45) is 2.29. The van der Waals surface area contributed by atoms with Crippen LogP contribution in [0.5, 0.6) is 5.75 Å². The van der Waals surface area contributed by atoms with Gasteiger partial charge in [-0.25, -0.2) is 4.79 Å². The summed E-state index contributed by atoms with van der Waals surface area (Å²) in [4.78, 5) is 51.5. The number of aliphatic hydroxyl groups is 1. The Morgan fingerprint density at radius 2 is 1.77 bits per heavy atom. The number of aliphatic carboxylic acids is 1. The van der Waals surface area contributed by atoms with Crippen molar-refractivity contribution in [2.75, 3.05) is 19.7 Å². The maximum atomic E-state index is 13.0. The van der Waals surface area contributed by atoms with Crippen molar-refractivity contribution < 1.29 is 34.5 Å². The van der Waals surface area contributed by atoms with Crippen LogP contribution in [-0.4, -0.2) is 87.8 Å². The van der Waals surface area contributed by atoms with Gasteiger partial charge in [-0.3, -0.25) is 14.4 Å². The lowest BCUT2D eigenvalue weighted by molar-refractivity contribution is -0.143. The van der Waals surface area contributed by atoms with E-state index in [-0.39, 0.29) is 18.6 Å². The molecule has 1 heterocycles. The summed E-state index contributed by atoms with van der Waals surface area (Å²) in [5.41, 5.74) is 11.8. The van der Waals surface area contributed by atoms with E-state index in [2.05, 4.69) is 10.6 Å². The van der Waals surface area contributed by atoms with Crippen LogP contribution < -0.4 is 22.1 Å². The number of aromatic hydroxyl groups is 1. The molecule has 1 fully saturated rings. The average molecular weight is 494 g/mol. The highest BCUT2D eigenvalue weighted by molar-refractivity contribution is 5.94. The summed E-state index contributed by atoms with van der Waals surface area (Å²) in [6, 6.07) is 1.70. The number of amides is 3. The van der Waals surface area contributed by atoms with E-state index >= 15 is 0 Å². The second-order valence-corrected chi connectivity index (χ2v) is 8.59. The predicted molar refractivity (Wildman–Crippen MR) is 126 cm³/mol. The number of carbonyl (C=O) groups is 4. The Morgan fingerprint density at radius 1 is 1.09 bits per heavy atom. The summed E-state index contributed by atoms with van der Waals surface area (Å²) < 4.78 is 0. The van der Waals surface area contributed by atoms with E-state index in [1.54, 1.807) is 12.1 Å². The van der Waals surface area contributed by atoms with Crippen LogP contribution in [0, 0.1) is 0 Å². The van der Waals surface area contributed by atoms with Gasteiger partial charge in [0, 0.05) is 13.0 Å². The molecule has 0 radical (unpaired) electrons. The monoisotopic (exact) mass is 493 g/mol. The van der Waals surface area contributed by atoms with E-state index in [0.29, 0.717) is 44.3 Å². The molecule has 9 N–H and O–H groups in total. The Labute approximate surface area is 203 Å². The lowest BCUT2D eigenvalue weighted by Gasteiger charge is -2.28. The van der Waals surface area contributed by atoms with Gasteiger partial charge in [-0.2, -0.15) is 0 Å². The normalized spacial score (nSPS) is 17.9. The van der Waals surface area contributed by atoms with Crippen LogP contribution in [0.2, 0.25) is 0 Å². The first-order valence-corrected chi connectivity index (χ1v) is 11.7. The first kappa shape index (κ1) is 28.0. The SMILES string of the molecule is NCCCCC(NC(=O)C1CCCN1C(=O)C(N)CO)C(=O)NC(Cc1ccc(O)cc1)C(=O)O. The van der Waals surface area contributed by atoms with Crippen LogP contribution in [0.25, 0.3) is 0 Å². The molecular weight excluding hydrogens is 458 g/mol. The van der Waals surface area contributed by atoms with Crippen molar-refractivity contribution in [3.8, 4) is 5.75 Å². The molecule has 12 nitrogen and oxygen atoms in total. The van der Waals surface area contributed by atoms with E-state index in [1.807, 2.05) is 0 Å². The lowest BCUT2D eigenvalue weighted by atomic mass is 10.0. The number of nitrogens with two attached hydrogens (primary N) is 2. The molecule has 2 rings (SSSR count). The van der Waals surface area contributed by atoms with Crippen molar-refractivity contribution in [3.63, 3.8) is 0 Å². The van der Waals surface area contributed by atoms with Crippen LogP contribution in [0.4, 0.5) is 0 Å². The van der Waals surface area contributed by atoms with Crippen molar-refractivity contribution in [3.05, 3.63) is 29.8 Å². The number of nitrogens with one attached hydrogen (secondary N) is 2. The number of hydrogen-bond donors (Lipinski definition) is 7. The number of hydrogen-bond acceptors (Lipinski definition) is 8. The van der Waals surface area contributed by atoms with Gasteiger partial charge < -0.3 is 42.3 Å². The first-order chi connectivity index (χ1) is 16.7. The molecule has 4 unspecified atom stereocenters. The fourth-order valence-electron chi connectivity index (χ4n) is 3.96. The zero-order chi connectivity index (χ0) is 26.0. The molecule has 0 aliphatic carbocycles. The Morgan fingerprint density at radius 3 is 2.37 bits per heavy atom. The van der Waals surface area contributed by atoms with Crippen LogP contribution in [0.3, 0.4) is 0 Å². The van der Waals surface area contributed by atoms with Gasteiger partial charge in [0.25, 0.3) is 0 Å². The van der Waals surface area contributed by atoms with Gasteiger partial charge in [0.05, 0.1) is 6.61 Å². The van der Waals surface area contributed by atoms with Crippen LogP contribution >= 0.6 is 0 Å². The molecular formula is C23H35N5O7. The zero-order valence-corrected chi connectivity index (χ0v) is 19.6. The smallest absolute Gasteiger partial charge is 0.326 e. The molecule has 194 valence electrons. The minimum atomic E-state index is -1.26. The zero-order valence-electron chi connectivity index (χ0n) is 19.6. The maximum Gasteiger partial charge on any atom is 0.326 e. The van der Waals surface area contributed by atoms with Gasteiger partial charge >= 0.3 is 5.97 Å². The van der Waals surface area contributed by atoms with Crippen molar-refractivity contribution >= 4 is 23.7 Å². The fourth-order valence-corrected chi connectivity index (χ4v) is 3.96. The average Bonchev–Trinajstić information content (AvgIpc) is 3.33. The van der Waals surface area contributed by atoms with Crippen molar-refractivity contribution in [2.45, 2.75) is 62.7 Å². The highest BCUT2D eigenvalue weighted by Gasteiger charge is 2.37. The van der Waals surface area contributed by atoms with Gasteiger partial charge in [0.15, 0.2) is 0 Å². The van der Waals surface area contributed by atoms with E-state index in [9.17, 15) is 34.5 Å². The van der Waals surface area contributed by atoms with E-state index < -0.39 is 54.5 Å². The fraction of sp³-hybridized carbons (Fsp3) is 0.565. The number of benzene rings is 1. The number of carbonyl (C=O) groups excluding carboxylic acids is 3. The number of unbranched alkanes of at least 4 members (excludes halogenated alkanes) is 1. The van der Waals surface area contributed by atoms with Crippen molar-refractivity contribution in [2.24, 2.45) is 11.5 Å². The summed E-state index contributed by atoms with van der Waals surface area (Å²) in [7, 11) is 0. The van der Waals surface area contributed by atoms with E-state index in [0.717, 1.165) is 0 Å². The second kappa shape index (κ2) is 13.6. The molecule has 35 heavy (non-hydrogen) atoms. The Balaban J connectivity index is 2.11. The van der Waals surface area contributed by atoms with Crippen molar-refractivity contribution in [1.29, 1.82) is 0 Å². The molecule has 1 aromatic rings. The third kappa shape index (κ3) is 8.19. The number of carboxylic acid groups (broad SMARTS) is 1. The van der Waals surface area contributed by atoms with E-state index in [1.165, 1.54) is 17.0 Å². The summed E-state index contributed by atoms with van der Waals surface area (Å²) in [6.45, 7) is 0.151. The van der Waals surface area contributed by atoms with E-state index in [4.69, 9.17) is 11.5 Å². The highest BCUT2D eigenvalue weighted by atomic mass is 16.4. The molecule has 4 atom stereocenters. The maximum absolute atomic E-state index is 13.0. The molecule has 0 spiro atoms. The van der Waals surface area contributed by atoms with Crippen LogP contribution in [0.1, 0.15) is 37.7 Å². The standard InChI is InChI=1S/C23H35N5O7/c24-10-2-1-4-17(26-21(32)19-5-3-11-28(19)22(33)16(25)13-29)20(31)27-18(23(34)35)12-14-6-8-15(30)9-7-14/h6-9,16-19,29-30H,1-5,10-13,24-25H2,(H,26,32)(H,27,31)(H,34,35). The summed E-state index contributed by atoms with van der Waals surface area (Å²) >= 11 is 0. The van der Waals surface area contributed by atoms with Gasteiger partial charge in [-0.15, -0.1) is 0 Å². The van der Waals surface area contributed by atoms with Crippen LogP contribution in [-0.2, 0) is 25.6 Å². The minimum absolute atomic E-state index is 0.0191. The Kier molecular flexibility index (Phi) is 10.9. The topological polar surface area (TPSA) is 208 Å². The molecule has 1 aliphatic rings. The quantitative estimate of drug-likeness (QED) is 0.158. The van der Waals surface area contributed by atoms with Gasteiger partial charge in [-0.05, 0) is 56.3 Å². The van der Waals surface area contributed by atoms with Crippen molar-refractivity contribution in [1.82, 2.24) is 15.5 Å². The molecule has 3 amide bonds. The number of phenols is 1. The largest absolute Gasteiger partial charge is 0.508 e. The molecule has 1 saturated heterocycles. The Bertz CT molecular complexity index is 880. The summed E-state index contributed by atoms with van der Waals surface area (Å²) in [5.74, 6) is -2.96.